The van der Waals surface area contributed by atoms with E-state index in [4.69, 9.17) is 16.3 Å². The molecule has 2 atom stereocenters. The molecule has 0 N–H and O–H groups in total. The average molecular weight is 347 g/mol. The van der Waals surface area contributed by atoms with E-state index >= 15 is 0 Å². The molecular weight excluding hydrogens is 328 g/mol. The van der Waals surface area contributed by atoms with E-state index in [1.807, 2.05) is 17.0 Å². The van der Waals surface area contributed by atoms with Gasteiger partial charge < -0.3 is 9.64 Å². The van der Waals surface area contributed by atoms with E-state index in [0.717, 1.165) is 24.9 Å². The first-order valence-corrected chi connectivity index (χ1v) is 8.71. The quantitative estimate of drug-likeness (QED) is 0.838. The minimum Gasteiger partial charge on any atom is -0.374 e. The predicted octanol–water partition coefficient (Wildman–Crippen LogP) is 2.70. The zero-order chi connectivity index (χ0) is 16.5. The number of morpholine rings is 1. The number of nitrogens with zero attached hydrogens (tertiary/aromatic N) is 4. The summed E-state index contributed by atoms with van der Waals surface area (Å²) in [5.74, 6) is -0.0598. The first kappa shape index (κ1) is 15.6. The van der Waals surface area contributed by atoms with E-state index < -0.39 is 0 Å². The molecule has 2 aromatic rings. The third kappa shape index (κ3) is 2.91. The molecule has 6 nitrogen and oxygen atoms in total. The van der Waals surface area contributed by atoms with Crippen LogP contribution in [0.5, 0.6) is 0 Å². The summed E-state index contributed by atoms with van der Waals surface area (Å²) in [5, 5.41) is 8.82. The van der Waals surface area contributed by atoms with Crippen LogP contribution in [0.4, 0.5) is 0 Å². The Balaban J connectivity index is 1.55. The van der Waals surface area contributed by atoms with Crippen molar-refractivity contribution in [2.75, 3.05) is 13.2 Å². The van der Waals surface area contributed by atoms with E-state index in [-0.39, 0.29) is 18.1 Å². The second-order valence-electron chi connectivity index (χ2n) is 6.28. The molecule has 0 radical (unpaired) electrons. The number of carbonyl (C=O) groups is 1. The van der Waals surface area contributed by atoms with Gasteiger partial charge in [-0.25, -0.2) is 4.68 Å². The highest BCUT2D eigenvalue weighted by molar-refractivity contribution is 6.30. The molecule has 1 saturated heterocycles. The molecular formula is C17H19ClN4O2. The second kappa shape index (κ2) is 6.53. The van der Waals surface area contributed by atoms with Crippen LogP contribution in [0.15, 0.2) is 30.5 Å². The highest BCUT2D eigenvalue weighted by atomic mass is 35.5. The van der Waals surface area contributed by atoms with Gasteiger partial charge in [0.25, 0.3) is 5.91 Å². The Labute approximate surface area is 145 Å². The van der Waals surface area contributed by atoms with E-state index in [0.29, 0.717) is 23.9 Å². The Morgan fingerprint density at radius 2 is 2.00 bits per heavy atom. The average Bonchev–Trinajstić information content (AvgIpc) is 3.11. The van der Waals surface area contributed by atoms with Gasteiger partial charge in [-0.05, 0) is 37.1 Å². The van der Waals surface area contributed by atoms with Crippen LogP contribution in [-0.4, -0.2) is 51.1 Å². The number of aromatic nitrogens is 3. The van der Waals surface area contributed by atoms with Gasteiger partial charge in [-0.2, -0.15) is 0 Å². The number of benzene rings is 1. The molecule has 1 aliphatic heterocycles. The molecule has 7 heteroatoms. The van der Waals surface area contributed by atoms with Crippen molar-refractivity contribution < 1.29 is 9.53 Å². The zero-order valence-electron chi connectivity index (χ0n) is 13.3. The van der Waals surface area contributed by atoms with Crippen molar-refractivity contribution in [2.24, 2.45) is 0 Å². The van der Waals surface area contributed by atoms with Gasteiger partial charge in [-0.15, -0.1) is 5.10 Å². The maximum absolute atomic E-state index is 12.9. The Kier molecular flexibility index (Phi) is 4.24. The van der Waals surface area contributed by atoms with Crippen LogP contribution >= 0.6 is 11.6 Å². The van der Waals surface area contributed by atoms with Crippen molar-refractivity contribution in [3.8, 4) is 5.69 Å². The second-order valence-corrected chi connectivity index (χ2v) is 6.72. The van der Waals surface area contributed by atoms with Gasteiger partial charge >= 0.3 is 0 Å². The van der Waals surface area contributed by atoms with Gasteiger partial charge in [0, 0.05) is 11.6 Å². The Morgan fingerprint density at radius 3 is 2.83 bits per heavy atom. The maximum atomic E-state index is 12.9. The molecule has 2 aliphatic rings. The lowest BCUT2D eigenvalue weighted by Gasteiger charge is -2.43. The lowest BCUT2D eigenvalue weighted by Crippen LogP contribution is -2.54. The van der Waals surface area contributed by atoms with Crippen LogP contribution in [0.2, 0.25) is 5.02 Å². The molecule has 1 saturated carbocycles. The number of fused-ring (bicyclic) bond motifs is 1. The van der Waals surface area contributed by atoms with Crippen LogP contribution in [0.3, 0.4) is 0 Å². The van der Waals surface area contributed by atoms with Crippen LogP contribution in [0.25, 0.3) is 5.69 Å². The SMILES string of the molecule is O=C(c1cn(-c2ccc(Cl)cc2)nn1)N1CCO[C@@H]2CCCC[C@H]21. The molecule has 1 amide bonds. The lowest BCUT2D eigenvalue weighted by atomic mass is 9.90. The van der Waals surface area contributed by atoms with Gasteiger partial charge in [-0.1, -0.05) is 29.7 Å². The van der Waals surface area contributed by atoms with Crippen molar-refractivity contribution in [1.29, 1.82) is 0 Å². The van der Waals surface area contributed by atoms with Crippen LogP contribution in [0, 0.1) is 0 Å². The van der Waals surface area contributed by atoms with Crippen molar-refractivity contribution >= 4 is 17.5 Å². The fraction of sp³-hybridized carbons (Fsp3) is 0.471. The maximum Gasteiger partial charge on any atom is 0.276 e. The zero-order valence-corrected chi connectivity index (χ0v) is 14.0. The molecule has 1 aromatic carbocycles. The molecule has 126 valence electrons. The summed E-state index contributed by atoms with van der Waals surface area (Å²) in [5.41, 5.74) is 1.19. The number of hydrogen-bond donors (Lipinski definition) is 0. The molecule has 2 heterocycles. The fourth-order valence-corrected chi connectivity index (χ4v) is 3.70. The first-order valence-electron chi connectivity index (χ1n) is 8.33. The number of rotatable bonds is 2. The van der Waals surface area contributed by atoms with Crippen molar-refractivity contribution in [3.05, 3.63) is 41.2 Å². The molecule has 1 aromatic heterocycles. The van der Waals surface area contributed by atoms with Gasteiger partial charge in [-0.3, -0.25) is 4.79 Å². The first-order chi connectivity index (χ1) is 11.7. The summed E-state index contributed by atoms with van der Waals surface area (Å²) < 4.78 is 7.44. The molecule has 0 spiro atoms. The van der Waals surface area contributed by atoms with Crippen molar-refractivity contribution in [3.63, 3.8) is 0 Å². The van der Waals surface area contributed by atoms with Crippen molar-refractivity contribution in [2.45, 2.75) is 37.8 Å². The number of carbonyl (C=O) groups excluding carboxylic acids is 1. The minimum atomic E-state index is -0.0598. The smallest absolute Gasteiger partial charge is 0.276 e. The highest BCUT2D eigenvalue weighted by Crippen LogP contribution is 2.29. The Morgan fingerprint density at radius 1 is 1.21 bits per heavy atom. The summed E-state index contributed by atoms with van der Waals surface area (Å²) in [6.07, 6.45) is 6.21. The number of amides is 1. The van der Waals surface area contributed by atoms with Crippen LogP contribution < -0.4 is 0 Å². The Bertz CT molecular complexity index is 728. The van der Waals surface area contributed by atoms with Gasteiger partial charge in [0.15, 0.2) is 5.69 Å². The highest BCUT2D eigenvalue weighted by Gasteiger charge is 2.37. The van der Waals surface area contributed by atoms with Crippen LogP contribution in [-0.2, 0) is 4.74 Å². The largest absolute Gasteiger partial charge is 0.374 e. The summed E-state index contributed by atoms with van der Waals surface area (Å²) in [7, 11) is 0. The topological polar surface area (TPSA) is 60.2 Å². The molecule has 4 rings (SSSR count). The van der Waals surface area contributed by atoms with Gasteiger partial charge in [0.05, 0.1) is 30.6 Å². The number of ether oxygens (including phenoxy) is 1. The van der Waals surface area contributed by atoms with Gasteiger partial charge in [0.1, 0.15) is 0 Å². The molecule has 0 unspecified atom stereocenters. The standard InChI is InChI=1S/C17H19ClN4O2/c18-12-5-7-13(8-6-12)22-11-14(19-20-22)17(23)21-9-10-24-16-4-2-1-3-15(16)21/h5-8,11,15-16H,1-4,9-10H2/t15-,16-/m1/s1. The van der Waals surface area contributed by atoms with E-state index in [1.165, 1.54) is 6.42 Å². The normalized spacial score (nSPS) is 23.8. The van der Waals surface area contributed by atoms with Crippen LogP contribution in [0.1, 0.15) is 36.2 Å². The van der Waals surface area contributed by atoms with E-state index in [1.54, 1.807) is 23.0 Å². The third-order valence-electron chi connectivity index (χ3n) is 4.80. The molecule has 1 aliphatic carbocycles. The molecule has 0 bridgehead atoms. The number of hydrogen-bond acceptors (Lipinski definition) is 4. The molecule has 2 fully saturated rings. The third-order valence-corrected chi connectivity index (χ3v) is 5.05. The summed E-state index contributed by atoms with van der Waals surface area (Å²) >= 11 is 5.90. The fourth-order valence-electron chi connectivity index (χ4n) is 3.58. The summed E-state index contributed by atoms with van der Waals surface area (Å²) in [4.78, 5) is 14.8. The van der Waals surface area contributed by atoms with Gasteiger partial charge in [0.2, 0.25) is 0 Å². The lowest BCUT2D eigenvalue weighted by molar-refractivity contribution is -0.0754. The Hall–Kier alpha value is -1.92. The van der Waals surface area contributed by atoms with Crippen molar-refractivity contribution in [1.82, 2.24) is 19.9 Å². The minimum absolute atomic E-state index is 0.0598. The van der Waals surface area contributed by atoms with E-state index in [2.05, 4.69) is 10.3 Å². The monoisotopic (exact) mass is 346 g/mol. The number of halogens is 1. The summed E-state index contributed by atoms with van der Waals surface area (Å²) in [6.45, 7) is 1.21. The van der Waals surface area contributed by atoms with E-state index in [9.17, 15) is 4.79 Å². The predicted molar refractivity (Wildman–Crippen MR) is 89.4 cm³/mol. The summed E-state index contributed by atoms with van der Waals surface area (Å²) in [6, 6.07) is 7.43. The molecule has 24 heavy (non-hydrogen) atoms.